The molecule has 7 heteroatoms. The first kappa shape index (κ1) is 11.6. The molecular formula is C8H15N5O2. The van der Waals surface area contributed by atoms with E-state index in [1.165, 1.54) is 6.33 Å². The highest BCUT2D eigenvalue weighted by Gasteiger charge is 2.06. The van der Waals surface area contributed by atoms with Crippen LogP contribution in [0.3, 0.4) is 0 Å². The first-order chi connectivity index (χ1) is 7.11. The Bertz CT molecular complexity index is 323. The molecular weight excluding hydrogens is 198 g/mol. The number of amides is 1. The average Bonchev–Trinajstić information content (AvgIpc) is 2.60. The molecule has 0 aliphatic heterocycles. The Labute approximate surface area is 87.6 Å². The summed E-state index contributed by atoms with van der Waals surface area (Å²) in [5, 5.41) is 4.05. The Balaban J connectivity index is 2.37. The van der Waals surface area contributed by atoms with Crippen LogP contribution in [0.1, 0.15) is 25.7 Å². The van der Waals surface area contributed by atoms with Crippen molar-refractivity contribution >= 4 is 5.91 Å². The zero-order chi connectivity index (χ0) is 11.3. The van der Waals surface area contributed by atoms with Crippen LogP contribution in [0.4, 0.5) is 0 Å². The van der Waals surface area contributed by atoms with E-state index in [1.807, 2.05) is 13.8 Å². The molecule has 0 unspecified atom stereocenters. The van der Waals surface area contributed by atoms with Gasteiger partial charge in [-0.15, -0.1) is 0 Å². The Kier molecular flexibility index (Phi) is 4.19. The van der Waals surface area contributed by atoms with Crippen molar-refractivity contribution in [2.24, 2.45) is 5.73 Å². The molecule has 0 saturated heterocycles. The molecule has 3 N–H and O–H groups in total. The summed E-state index contributed by atoms with van der Waals surface area (Å²) in [5.74, 6) is 0.224. The predicted molar refractivity (Wildman–Crippen MR) is 52.4 cm³/mol. The van der Waals surface area contributed by atoms with Gasteiger partial charge in [-0.25, -0.2) is 9.67 Å². The van der Waals surface area contributed by atoms with Crippen LogP contribution >= 0.6 is 0 Å². The van der Waals surface area contributed by atoms with Gasteiger partial charge >= 0.3 is 0 Å². The maximum atomic E-state index is 10.4. The van der Waals surface area contributed by atoms with E-state index in [-0.39, 0.29) is 12.6 Å². The van der Waals surface area contributed by atoms with Crippen molar-refractivity contribution in [3.63, 3.8) is 0 Å². The summed E-state index contributed by atoms with van der Waals surface area (Å²) in [4.78, 5) is 19.2. The van der Waals surface area contributed by atoms with Crippen LogP contribution in [-0.2, 0) is 16.2 Å². The van der Waals surface area contributed by atoms with E-state index < -0.39 is 5.91 Å². The Morgan fingerprint density at radius 3 is 3.07 bits per heavy atom. The standard InChI is InChI=1S/C8H15N5O2/c1-6(2)13-8(10-5-11-13)3-12-15-4-7(9)14/h5-6,12H,3-4H2,1-2H3,(H2,9,14). The topological polar surface area (TPSA) is 95.1 Å². The molecule has 0 aromatic carbocycles. The quantitative estimate of drug-likeness (QED) is 0.484. The van der Waals surface area contributed by atoms with Crippen LogP contribution in [0.25, 0.3) is 0 Å². The van der Waals surface area contributed by atoms with Gasteiger partial charge in [-0.3, -0.25) is 9.63 Å². The number of carbonyl (C=O) groups is 1. The van der Waals surface area contributed by atoms with Crippen molar-refractivity contribution in [3.8, 4) is 0 Å². The van der Waals surface area contributed by atoms with Crippen molar-refractivity contribution in [1.82, 2.24) is 20.2 Å². The molecule has 0 atom stereocenters. The predicted octanol–water partition coefficient (Wildman–Crippen LogP) is -0.634. The molecule has 1 amide bonds. The number of nitrogens with two attached hydrogens (primary N) is 1. The maximum absolute atomic E-state index is 10.4. The highest BCUT2D eigenvalue weighted by atomic mass is 16.6. The lowest BCUT2D eigenvalue weighted by Crippen LogP contribution is -2.25. The molecule has 0 bridgehead atoms. The number of hydroxylamine groups is 1. The van der Waals surface area contributed by atoms with E-state index in [0.717, 1.165) is 5.82 Å². The molecule has 0 radical (unpaired) electrons. The molecule has 1 aromatic heterocycles. The van der Waals surface area contributed by atoms with Gasteiger partial charge in [0.25, 0.3) is 0 Å². The Hall–Kier alpha value is -1.47. The summed E-state index contributed by atoms with van der Waals surface area (Å²) >= 11 is 0. The average molecular weight is 213 g/mol. The van der Waals surface area contributed by atoms with Crippen molar-refractivity contribution < 1.29 is 9.63 Å². The van der Waals surface area contributed by atoms with Gasteiger partial charge in [0.15, 0.2) is 0 Å². The highest BCUT2D eigenvalue weighted by molar-refractivity contribution is 5.74. The van der Waals surface area contributed by atoms with Gasteiger partial charge in [-0.2, -0.15) is 10.6 Å². The fourth-order valence-electron chi connectivity index (χ4n) is 1.07. The Morgan fingerprint density at radius 1 is 1.73 bits per heavy atom. The number of nitrogens with one attached hydrogen (secondary N) is 1. The second kappa shape index (κ2) is 5.42. The summed E-state index contributed by atoms with van der Waals surface area (Å²) in [6, 6.07) is 0.237. The maximum Gasteiger partial charge on any atom is 0.245 e. The van der Waals surface area contributed by atoms with E-state index in [2.05, 4.69) is 15.6 Å². The molecule has 7 nitrogen and oxygen atoms in total. The molecule has 0 spiro atoms. The van der Waals surface area contributed by atoms with Gasteiger partial charge in [0.1, 0.15) is 18.8 Å². The number of aromatic nitrogens is 3. The minimum atomic E-state index is -0.521. The second-order valence-corrected chi connectivity index (χ2v) is 3.29. The van der Waals surface area contributed by atoms with E-state index in [9.17, 15) is 4.79 Å². The largest absolute Gasteiger partial charge is 0.368 e. The third-order valence-electron chi connectivity index (χ3n) is 1.68. The molecule has 15 heavy (non-hydrogen) atoms. The smallest absolute Gasteiger partial charge is 0.245 e. The van der Waals surface area contributed by atoms with Crippen molar-refractivity contribution in [1.29, 1.82) is 0 Å². The van der Waals surface area contributed by atoms with Crippen molar-refractivity contribution in [3.05, 3.63) is 12.2 Å². The number of carbonyl (C=O) groups excluding carboxylic acids is 1. The van der Waals surface area contributed by atoms with Gasteiger partial charge < -0.3 is 5.73 Å². The normalized spacial score (nSPS) is 10.9. The first-order valence-corrected chi connectivity index (χ1v) is 4.62. The van der Waals surface area contributed by atoms with Crippen LogP contribution in [0.15, 0.2) is 6.33 Å². The fraction of sp³-hybridized carbons (Fsp3) is 0.625. The van der Waals surface area contributed by atoms with Crippen LogP contribution in [0.5, 0.6) is 0 Å². The summed E-state index contributed by atoms with van der Waals surface area (Å²) in [7, 11) is 0. The molecule has 0 aliphatic rings. The number of nitrogens with zero attached hydrogens (tertiary/aromatic N) is 3. The summed E-state index contributed by atoms with van der Waals surface area (Å²) in [5.41, 5.74) is 7.48. The van der Waals surface area contributed by atoms with Crippen LogP contribution < -0.4 is 11.2 Å². The molecule has 0 aliphatic carbocycles. The van der Waals surface area contributed by atoms with Gasteiger partial charge in [0.05, 0.1) is 6.54 Å². The first-order valence-electron chi connectivity index (χ1n) is 4.62. The highest BCUT2D eigenvalue weighted by Crippen LogP contribution is 2.04. The van der Waals surface area contributed by atoms with Gasteiger partial charge in [0.2, 0.25) is 5.91 Å². The zero-order valence-electron chi connectivity index (χ0n) is 8.80. The zero-order valence-corrected chi connectivity index (χ0v) is 8.80. The Morgan fingerprint density at radius 2 is 2.47 bits per heavy atom. The number of rotatable bonds is 6. The van der Waals surface area contributed by atoms with Crippen LogP contribution in [0.2, 0.25) is 0 Å². The van der Waals surface area contributed by atoms with E-state index in [0.29, 0.717) is 6.54 Å². The fourth-order valence-corrected chi connectivity index (χ4v) is 1.07. The summed E-state index contributed by atoms with van der Waals surface area (Å²) in [6.45, 7) is 4.23. The third-order valence-corrected chi connectivity index (χ3v) is 1.68. The molecule has 1 heterocycles. The molecule has 0 saturated carbocycles. The number of hydrogen-bond donors (Lipinski definition) is 2. The third kappa shape index (κ3) is 3.64. The molecule has 84 valence electrons. The van der Waals surface area contributed by atoms with Crippen LogP contribution in [0, 0.1) is 0 Å². The lowest BCUT2D eigenvalue weighted by atomic mass is 10.4. The van der Waals surface area contributed by atoms with E-state index in [1.54, 1.807) is 4.68 Å². The minimum Gasteiger partial charge on any atom is -0.368 e. The van der Waals surface area contributed by atoms with E-state index in [4.69, 9.17) is 10.6 Å². The van der Waals surface area contributed by atoms with Gasteiger partial charge in [0, 0.05) is 6.04 Å². The molecule has 1 rings (SSSR count). The second-order valence-electron chi connectivity index (χ2n) is 3.29. The van der Waals surface area contributed by atoms with E-state index >= 15 is 0 Å². The minimum absolute atomic E-state index is 0.157. The summed E-state index contributed by atoms with van der Waals surface area (Å²) in [6.07, 6.45) is 1.48. The van der Waals surface area contributed by atoms with Crippen molar-refractivity contribution in [2.45, 2.75) is 26.4 Å². The van der Waals surface area contributed by atoms with Gasteiger partial charge in [-0.1, -0.05) is 0 Å². The monoisotopic (exact) mass is 213 g/mol. The number of hydrogen-bond acceptors (Lipinski definition) is 5. The SMILES string of the molecule is CC(C)n1ncnc1CNOCC(N)=O. The molecule has 1 aromatic rings. The van der Waals surface area contributed by atoms with Gasteiger partial charge in [-0.05, 0) is 13.8 Å². The summed E-state index contributed by atoms with van der Waals surface area (Å²) < 4.78 is 1.76. The number of primary amides is 1. The lowest BCUT2D eigenvalue weighted by Gasteiger charge is -2.09. The van der Waals surface area contributed by atoms with Crippen LogP contribution in [-0.4, -0.2) is 27.3 Å². The van der Waals surface area contributed by atoms with Crippen molar-refractivity contribution in [2.75, 3.05) is 6.61 Å². The lowest BCUT2D eigenvalue weighted by molar-refractivity contribution is -0.125. The molecule has 0 fully saturated rings.